The van der Waals surface area contributed by atoms with Gasteiger partial charge in [0.2, 0.25) is 0 Å². The minimum atomic E-state index is -0.639. The highest BCUT2D eigenvalue weighted by atomic mass is 16.3. The van der Waals surface area contributed by atoms with Crippen molar-refractivity contribution >= 4 is 0 Å². The van der Waals surface area contributed by atoms with Gasteiger partial charge in [0, 0.05) is 6.04 Å². The Labute approximate surface area is 83.2 Å². The van der Waals surface area contributed by atoms with Crippen molar-refractivity contribution < 1.29 is 10.2 Å². The summed E-state index contributed by atoms with van der Waals surface area (Å²) in [7, 11) is 0. The molecular weight excluding hydrogens is 178 g/mol. The van der Waals surface area contributed by atoms with Crippen LogP contribution in [-0.2, 0) is 6.42 Å². The predicted molar refractivity (Wildman–Crippen MR) is 54.0 cm³/mol. The minimum absolute atomic E-state index is 0.192. The fourth-order valence-corrected chi connectivity index (χ4v) is 2.00. The summed E-state index contributed by atoms with van der Waals surface area (Å²) < 4.78 is 0. The predicted octanol–water partition coefficient (Wildman–Crippen LogP) is 1.09. The Morgan fingerprint density at radius 1 is 1.36 bits per heavy atom. The second-order valence-electron chi connectivity index (χ2n) is 3.88. The van der Waals surface area contributed by atoms with E-state index in [0.29, 0.717) is 0 Å². The molecule has 0 heterocycles. The summed E-state index contributed by atoms with van der Waals surface area (Å²) in [5, 5.41) is 19.2. The second-order valence-corrected chi connectivity index (χ2v) is 3.88. The summed E-state index contributed by atoms with van der Waals surface area (Å²) in [5.41, 5.74) is 7.70. The molecule has 1 aliphatic rings. The van der Waals surface area contributed by atoms with Crippen LogP contribution in [0.25, 0.3) is 0 Å². The molecule has 1 aromatic carbocycles. The molecule has 1 aliphatic carbocycles. The van der Waals surface area contributed by atoms with E-state index < -0.39 is 6.10 Å². The highest BCUT2D eigenvalue weighted by molar-refractivity contribution is 5.37. The maximum Gasteiger partial charge on any atom is 0.115 e. The van der Waals surface area contributed by atoms with Gasteiger partial charge in [0.1, 0.15) is 5.75 Å². The number of rotatable bonds is 0. The number of fused-ring (bicyclic) bond motifs is 1. The van der Waals surface area contributed by atoms with Gasteiger partial charge in [-0.25, -0.2) is 0 Å². The molecule has 0 amide bonds. The molecule has 2 unspecified atom stereocenters. The molecule has 2 atom stereocenters. The topological polar surface area (TPSA) is 66.5 Å². The Hall–Kier alpha value is -1.06. The molecule has 0 spiro atoms. The number of benzene rings is 1. The van der Waals surface area contributed by atoms with Crippen molar-refractivity contribution in [1.82, 2.24) is 0 Å². The lowest BCUT2D eigenvalue weighted by Crippen LogP contribution is -2.27. The number of phenolic OH excluding ortho intramolecular Hbond substituents is 1. The van der Waals surface area contributed by atoms with E-state index in [-0.39, 0.29) is 11.8 Å². The van der Waals surface area contributed by atoms with Crippen molar-refractivity contribution in [3.05, 3.63) is 29.3 Å². The van der Waals surface area contributed by atoms with E-state index in [1.165, 1.54) is 0 Å². The third-order valence-electron chi connectivity index (χ3n) is 2.84. The molecule has 0 radical (unpaired) electrons. The Morgan fingerprint density at radius 3 is 2.93 bits per heavy atom. The van der Waals surface area contributed by atoms with Crippen LogP contribution in [0.15, 0.2) is 18.2 Å². The highest BCUT2D eigenvalue weighted by Crippen LogP contribution is 2.30. The average Bonchev–Trinajstić information content (AvgIpc) is 2.30. The molecule has 3 nitrogen and oxygen atoms in total. The van der Waals surface area contributed by atoms with Crippen LogP contribution in [0.4, 0.5) is 0 Å². The van der Waals surface area contributed by atoms with Gasteiger partial charge in [-0.3, -0.25) is 0 Å². The number of hydrogen-bond acceptors (Lipinski definition) is 3. The van der Waals surface area contributed by atoms with Crippen molar-refractivity contribution in [1.29, 1.82) is 0 Å². The number of aliphatic hydroxyl groups excluding tert-OH is 1. The SMILES string of the molecule is NC1CCCc2ccc(O)cc2C1O. The van der Waals surface area contributed by atoms with Gasteiger partial charge in [-0.2, -0.15) is 0 Å². The lowest BCUT2D eigenvalue weighted by atomic mass is 9.99. The van der Waals surface area contributed by atoms with Gasteiger partial charge in [-0.05, 0) is 42.5 Å². The van der Waals surface area contributed by atoms with Crippen molar-refractivity contribution in [2.75, 3.05) is 0 Å². The number of phenols is 1. The van der Waals surface area contributed by atoms with E-state index in [1.807, 2.05) is 6.07 Å². The smallest absolute Gasteiger partial charge is 0.115 e. The van der Waals surface area contributed by atoms with Gasteiger partial charge in [-0.1, -0.05) is 6.07 Å². The molecule has 0 aliphatic heterocycles. The maximum absolute atomic E-state index is 9.90. The van der Waals surface area contributed by atoms with Crippen LogP contribution < -0.4 is 5.73 Å². The molecule has 0 saturated carbocycles. The molecule has 0 saturated heterocycles. The van der Waals surface area contributed by atoms with E-state index in [4.69, 9.17) is 5.73 Å². The first-order valence-electron chi connectivity index (χ1n) is 4.94. The van der Waals surface area contributed by atoms with E-state index in [1.54, 1.807) is 12.1 Å². The number of aryl methyl sites for hydroxylation is 1. The third-order valence-corrected chi connectivity index (χ3v) is 2.84. The zero-order valence-electron chi connectivity index (χ0n) is 7.98. The van der Waals surface area contributed by atoms with Crippen LogP contribution in [0.5, 0.6) is 5.75 Å². The average molecular weight is 193 g/mol. The number of aliphatic hydroxyl groups is 1. The zero-order valence-corrected chi connectivity index (χ0v) is 7.98. The zero-order chi connectivity index (χ0) is 10.1. The Morgan fingerprint density at radius 2 is 2.14 bits per heavy atom. The minimum Gasteiger partial charge on any atom is -0.508 e. The summed E-state index contributed by atoms with van der Waals surface area (Å²) in [5.74, 6) is 0.192. The Balaban J connectivity index is 2.44. The second kappa shape index (κ2) is 3.59. The summed E-state index contributed by atoms with van der Waals surface area (Å²) >= 11 is 0. The molecule has 14 heavy (non-hydrogen) atoms. The lowest BCUT2D eigenvalue weighted by Gasteiger charge is -2.17. The van der Waals surface area contributed by atoms with Gasteiger partial charge in [0.25, 0.3) is 0 Å². The normalized spacial score (nSPS) is 26.7. The number of aromatic hydroxyl groups is 1. The van der Waals surface area contributed by atoms with Crippen molar-refractivity contribution in [2.45, 2.75) is 31.4 Å². The van der Waals surface area contributed by atoms with Crippen LogP contribution in [0.3, 0.4) is 0 Å². The van der Waals surface area contributed by atoms with E-state index in [0.717, 1.165) is 30.4 Å². The van der Waals surface area contributed by atoms with E-state index in [9.17, 15) is 10.2 Å². The molecule has 4 N–H and O–H groups in total. The molecule has 1 aromatic rings. The fraction of sp³-hybridized carbons (Fsp3) is 0.455. The van der Waals surface area contributed by atoms with E-state index >= 15 is 0 Å². The molecule has 0 fully saturated rings. The Kier molecular flexibility index (Phi) is 2.44. The van der Waals surface area contributed by atoms with Crippen LogP contribution in [-0.4, -0.2) is 16.3 Å². The molecule has 0 bridgehead atoms. The first-order valence-corrected chi connectivity index (χ1v) is 4.94. The molecule has 76 valence electrons. The van der Waals surface area contributed by atoms with Gasteiger partial charge in [0.05, 0.1) is 6.10 Å². The number of nitrogens with two attached hydrogens (primary N) is 1. The summed E-state index contributed by atoms with van der Waals surface area (Å²) in [4.78, 5) is 0. The first-order chi connectivity index (χ1) is 6.68. The lowest BCUT2D eigenvalue weighted by molar-refractivity contribution is 0.144. The molecule has 0 aromatic heterocycles. The highest BCUT2D eigenvalue weighted by Gasteiger charge is 2.23. The number of hydrogen-bond donors (Lipinski definition) is 3. The standard InChI is InChI=1S/C11H15NO2/c12-10-3-1-2-7-4-5-8(13)6-9(7)11(10)14/h4-6,10-11,13-14H,1-3,12H2. The Bertz CT molecular complexity index is 338. The van der Waals surface area contributed by atoms with Gasteiger partial charge < -0.3 is 15.9 Å². The third kappa shape index (κ3) is 1.61. The summed E-state index contributed by atoms with van der Waals surface area (Å²) in [6, 6.07) is 4.93. The maximum atomic E-state index is 9.90. The van der Waals surface area contributed by atoms with E-state index in [2.05, 4.69) is 0 Å². The van der Waals surface area contributed by atoms with Crippen molar-refractivity contribution in [3.63, 3.8) is 0 Å². The molecular formula is C11H15NO2. The monoisotopic (exact) mass is 193 g/mol. The fourth-order valence-electron chi connectivity index (χ4n) is 2.00. The van der Waals surface area contributed by atoms with Crippen molar-refractivity contribution in [3.8, 4) is 5.75 Å². The molecule has 2 rings (SSSR count). The molecule has 3 heteroatoms. The van der Waals surface area contributed by atoms with Gasteiger partial charge in [0.15, 0.2) is 0 Å². The van der Waals surface area contributed by atoms with Crippen molar-refractivity contribution in [2.24, 2.45) is 5.73 Å². The van der Waals surface area contributed by atoms with Gasteiger partial charge in [-0.15, -0.1) is 0 Å². The summed E-state index contributed by atoms with van der Waals surface area (Å²) in [6.45, 7) is 0. The quantitative estimate of drug-likeness (QED) is 0.540. The van der Waals surface area contributed by atoms with Gasteiger partial charge >= 0.3 is 0 Å². The van der Waals surface area contributed by atoms with Crippen LogP contribution >= 0.6 is 0 Å². The largest absolute Gasteiger partial charge is 0.508 e. The summed E-state index contributed by atoms with van der Waals surface area (Å²) in [6.07, 6.45) is 2.12. The van der Waals surface area contributed by atoms with Crippen LogP contribution in [0.1, 0.15) is 30.1 Å². The first kappa shape index (κ1) is 9.49. The van der Waals surface area contributed by atoms with Crippen LogP contribution in [0.2, 0.25) is 0 Å². The van der Waals surface area contributed by atoms with Crippen LogP contribution in [0, 0.1) is 0 Å².